The summed E-state index contributed by atoms with van der Waals surface area (Å²) in [6.45, 7) is 7.77. The summed E-state index contributed by atoms with van der Waals surface area (Å²) < 4.78 is 13.1. The number of amides is 1. The minimum absolute atomic E-state index is 0.0196. The van der Waals surface area contributed by atoms with Gasteiger partial charge in [-0.3, -0.25) is 19.8 Å². The zero-order chi connectivity index (χ0) is 21.8. The highest BCUT2D eigenvalue weighted by molar-refractivity contribution is 5.92. The van der Waals surface area contributed by atoms with Crippen LogP contribution in [0, 0.1) is 22.9 Å². The number of halogens is 1. The van der Waals surface area contributed by atoms with Gasteiger partial charge in [0.05, 0.1) is 4.92 Å². The van der Waals surface area contributed by atoms with Gasteiger partial charge in [0, 0.05) is 49.4 Å². The molecule has 0 aliphatic carbocycles. The molecule has 3 rings (SSSR count). The van der Waals surface area contributed by atoms with E-state index in [2.05, 4.69) is 11.8 Å². The molecule has 1 saturated heterocycles. The summed E-state index contributed by atoms with van der Waals surface area (Å²) in [5, 5.41) is 11.1. The highest BCUT2D eigenvalue weighted by atomic mass is 19.1. The Morgan fingerprint density at radius 1 is 1.17 bits per heavy atom. The second-order valence-corrected chi connectivity index (χ2v) is 7.88. The molecule has 0 unspecified atom stereocenters. The van der Waals surface area contributed by atoms with Gasteiger partial charge in [-0.15, -0.1) is 0 Å². The van der Waals surface area contributed by atoms with Gasteiger partial charge in [0.15, 0.2) is 0 Å². The number of nitro groups is 1. The number of hydrogen-bond acceptors (Lipinski definition) is 4. The maximum absolute atomic E-state index is 13.1. The lowest BCUT2D eigenvalue weighted by Gasteiger charge is -2.44. The molecule has 2 atom stereocenters. The molecule has 1 heterocycles. The predicted octanol–water partition coefficient (Wildman–Crippen LogP) is 4.18. The Morgan fingerprint density at radius 3 is 2.53 bits per heavy atom. The van der Waals surface area contributed by atoms with E-state index in [-0.39, 0.29) is 29.5 Å². The van der Waals surface area contributed by atoms with Crippen molar-refractivity contribution in [1.82, 2.24) is 9.80 Å². The van der Waals surface area contributed by atoms with Crippen molar-refractivity contribution in [3.63, 3.8) is 0 Å². The Labute approximate surface area is 175 Å². The van der Waals surface area contributed by atoms with Gasteiger partial charge in [0.25, 0.3) is 5.69 Å². The van der Waals surface area contributed by atoms with Gasteiger partial charge in [-0.25, -0.2) is 4.39 Å². The monoisotopic (exact) mass is 411 g/mol. The molecule has 1 aliphatic heterocycles. The predicted molar refractivity (Wildman–Crippen MR) is 114 cm³/mol. The number of nitrogens with zero attached hydrogens (tertiary/aromatic N) is 3. The Bertz CT molecular complexity index is 959. The number of aryl methyl sites for hydroxylation is 1. The lowest BCUT2D eigenvalue weighted by Crippen LogP contribution is -2.57. The summed E-state index contributed by atoms with van der Waals surface area (Å²) in [5.41, 5.74) is 2.29. The molecule has 1 amide bonds. The molecule has 30 heavy (non-hydrogen) atoms. The second-order valence-electron chi connectivity index (χ2n) is 7.88. The molecule has 0 saturated carbocycles. The second kappa shape index (κ2) is 9.17. The quantitative estimate of drug-likeness (QED) is 0.421. The molecule has 0 bridgehead atoms. The van der Waals surface area contributed by atoms with E-state index in [4.69, 9.17) is 0 Å². The van der Waals surface area contributed by atoms with Crippen molar-refractivity contribution in [3.8, 4) is 0 Å². The fourth-order valence-corrected chi connectivity index (χ4v) is 3.74. The van der Waals surface area contributed by atoms with E-state index in [0.29, 0.717) is 30.8 Å². The van der Waals surface area contributed by atoms with Crippen LogP contribution in [0.3, 0.4) is 0 Å². The van der Waals surface area contributed by atoms with Crippen LogP contribution in [-0.2, 0) is 11.3 Å². The highest BCUT2D eigenvalue weighted by Gasteiger charge is 2.31. The standard InChI is InChI=1S/C23H26FN3O3/c1-16-4-5-19(12-22(16)27(29)30)8-11-23(28)26-14-17(2)25(13-18(26)3)15-20-6-9-21(24)10-7-20/h4-12,17-18H,13-15H2,1-3H3/t17-,18+/m1/s1. The van der Waals surface area contributed by atoms with Crippen molar-refractivity contribution in [2.45, 2.75) is 39.4 Å². The van der Waals surface area contributed by atoms with Crippen molar-refractivity contribution in [2.75, 3.05) is 13.1 Å². The van der Waals surface area contributed by atoms with E-state index in [1.54, 1.807) is 37.3 Å². The fraction of sp³-hybridized carbons (Fsp3) is 0.348. The number of carbonyl (C=O) groups excluding carboxylic acids is 1. The first-order valence-corrected chi connectivity index (χ1v) is 9.97. The minimum Gasteiger partial charge on any atom is -0.334 e. The molecule has 1 aliphatic rings. The molecule has 0 N–H and O–H groups in total. The molecule has 2 aromatic rings. The molecule has 0 aromatic heterocycles. The van der Waals surface area contributed by atoms with E-state index in [1.807, 2.05) is 11.8 Å². The van der Waals surface area contributed by atoms with Gasteiger partial charge >= 0.3 is 0 Å². The number of nitro benzene ring substituents is 1. The molecular formula is C23H26FN3O3. The average Bonchev–Trinajstić information content (AvgIpc) is 2.71. The highest BCUT2D eigenvalue weighted by Crippen LogP contribution is 2.21. The van der Waals surface area contributed by atoms with Crippen molar-refractivity contribution >= 4 is 17.7 Å². The van der Waals surface area contributed by atoms with Crippen LogP contribution < -0.4 is 0 Å². The Hall–Kier alpha value is -3.06. The van der Waals surface area contributed by atoms with Gasteiger partial charge < -0.3 is 4.90 Å². The van der Waals surface area contributed by atoms with Crippen LogP contribution in [0.1, 0.15) is 30.5 Å². The number of rotatable bonds is 5. The number of benzene rings is 2. The van der Waals surface area contributed by atoms with Crippen molar-refractivity contribution < 1.29 is 14.1 Å². The summed E-state index contributed by atoms with van der Waals surface area (Å²) in [6.07, 6.45) is 3.10. The number of carbonyl (C=O) groups is 1. The van der Waals surface area contributed by atoms with E-state index < -0.39 is 4.92 Å². The van der Waals surface area contributed by atoms with E-state index in [1.165, 1.54) is 24.3 Å². The Balaban J connectivity index is 1.65. The largest absolute Gasteiger partial charge is 0.334 e. The summed E-state index contributed by atoms with van der Waals surface area (Å²) in [5.74, 6) is -0.361. The molecule has 1 fully saturated rings. The molecule has 2 aromatic carbocycles. The summed E-state index contributed by atoms with van der Waals surface area (Å²) in [6, 6.07) is 11.6. The van der Waals surface area contributed by atoms with E-state index >= 15 is 0 Å². The fourth-order valence-electron chi connectivity index (χ4n) is 3.74. The maximum atomic E-state index is 13.1. The van der Waals surface area contributed by atoms with Crippen molar-refractivity contribution in [2.24, 2.45) is 0 Å². The third-order valence-corrected chi connectivity index (χ3v) is 5.55. The lowest BCUT2D eigenvalue weighted by molar-refractivity contribution is -0.385. The minimum atomic E-state index is -0.418. The summed E-state index contributed by atoms with van der Waals surface area (Å²) in [7, 11) is 0. The molecule has 0 radical (unpaired) electrons. The normalized spacial score (nSPS) is 19.9. The first-order chi connectivity index (χ1) is 14.2. The topological polar surface area (TPSA) is 66.7 Å². The van der Waals surface area contributed by atoms with Crippen LogP contribution in [0.2, 0.25) is 0 Å². The average molecular weight is 411 g/mol. The molecule has 6 nitrogen and oxygen atoms in total. The molecule has 7 heteroatoms. The SMILES string of the molecule is Cc1ccc(C=CC(=O)N2C[C@@H](C)N(Cc3ccc(F)cc3)C[C@@H]2C)cc1[N+](=O)[O-]. The third kappa shape index (κ3) is 5.10. The molecule has 0 spiro atoms. The molecule has 158 valence electrons. The van der Waals surface area contributed by atoms with Crippen LogP contribution in [-0.4, -0.2) is 45.8 Å². The van der Waals surface area contributed by atoms with Crippen LogP contribution in [0.15, 0.2) is 48.5 Å². The third-order valence-electron chi connectivity index (χ3n) is 5.55. The smallest absolute Gasteiger partial charge is 0.272 e. The summed E-state index contributed by atoms with van der Waals surface area (Å²) >= 11 is 0. The van der Waals surface area contributed by atoms with E-state index in [0.717, 1.165) is 5.56 Å². The first kappa shape index (κ1) is 21.6. The van der Waals surface area contributed by atoms with Gasteiger partial charge in [-0.1, -0.05) is 24.3 Å². The van der Waals surface area contributed by atoms with Gasteiger partial charge in [-0.2, -0.15) is 0 Å². The maximum Gasteiger partial charge on any atom is 0.272 e. The van der Waals surface area contributed by atoms with Crippen LogP contribution >= 0.6 is 0 Å². The Morgan fingerprint density at radius 2 is 1.87 bits per heavy atom. The van der Waals surface area contributed by atoms with Gasteiger partial charge in [0.1, 0.15) is 5.82 Å². The first-order valence-electron chi connectivity index (χ1n) is 9.97. The van der Waals surface area contributed by atoms with Crippen LogP contribution in [0.5, 0.6) is 0 Å². The summed E-state index contributed by atoms with van der Waals surface area (Å²) in [4.78, 5) is 27.6. The van der Waals surface area contributed by atoms with Crippen LogP contribution in [0.4, 0.5) is 10.1 Å². The molecular weight excluding hydrogens is 385 g/mol. The number of piperazine rings is 1. The zero-order valence-electron chi connectivity index (χ0n) is 17.4. The lowest BCUT2D eigenvalue weighted by atomic mass is 10.1. The van der Waals surface area contributed by atoms with Gasteiger partial charge in [-0.05, 0) is 50.1 Å². The Kier molecular flexibility index (Phi) is 6.62. The van der Waals surface area contributed by atoms with Crippen molar-refractivity contribution in [3.05, 3.63) is 81.2 Å². The van der Waals surface area contributed by atoms with Gasteiger partial charge in [0.2, 0.25) is 5.91 Å². The van der Waals surface area contributed by atoms with E-state index in [9.17, 15) is 19.3 Å². The van der Waals surface area contributed by atoms with Crippen molar-refractivity contribution in [1.29, 1.82) is 0 Å². The number of hydrogen-bond donors (Lipinski definition) is 0. The zero-order valence-corrected chi connectivity index (χ0v) is 17.4. The van der Waals surface area contributed by atoms with Crippen LogP contribution in [0.25, 0.3) is 6.08 Å².